The lowest BCUT2D eigenvalue weighted by Gasteiger charge is -2.26. The predicted molar refractivity (Wildman–Crippen MR) is 130 cm³/mol. The fourth-order valence-electron chi connectivity index (χ4n) is 3.31. The molecule has 0 aromatic heterocycles. The Morgan fingerprint density at radius 1 is 1.03 bits per heavy atom. The van der Waals surface area contributed by atoms with Crippen LogP contribution in [0.25, 0.3) is 0 Å². The molecule has 7 nitrogen and oxygen atoms in total. The number of rotatable bonds is 6. The van der Waals surface area contributed by atoms with Crippen molar-refractivity contribution in [3.05, 3.63) is 53.6 Å². The van der Waals surface area contributed by atoms with Gasteiger partial charge in [-0.1, -0.05) is 12.1 Å². The Morgan fingerprint density at radius 3 is 2.33 bits per heavy atom. The molecule has 0 atom stereocenters. The summed E-state index contributed by atoms with van der Waals surface area (Å²) in [5.74, 6) is 1.66. The highest BCUT2D eigenvalue weighted by Gasteiger charge is 2.17. The van der Waals surface area contributed by atoms with Gasteiger partial charge in [-0.3, -0.25) is 4.79 Å². The SMILES string of the molecule is COc1ccc(NC(N)=NCc2ccc(C(=O)N3CCCCC3)cc2)cc1OC.I. The molecule has 0 aliphatic carbocycles. The lowest BCUT2D eigenvalue weighted by Crippen LogP contribution is -2.35. The summed E-state index contributed by atoms with van der Waals surface area (Å²) in [5.41, 5.74) is 8.46. The van der Waals surface area contributed by atoms with E-state index in [1.54, 1.807) is 26.4 Å². The quantitative estimate of drug-likeness (QED) is 0.340. The average molecular weight is 524 g/mol. The Kier molecular flexibility index (Phi) is 9.22. The number of likely N-dealkylation sites (tertiary alicyclic amines) is 1. The van der Waals surface area contributed by atoms with Gasteiger partial charge in [0.1, 0.15) is 0 Å². The van der Waals surface area contributed by atoms with E-state index in [0.717, 1.165) is 42.7 Å². The van der Waals surface area contributed by atoms with Gasteiger partial charge in [0.25, 0.3) is 5.91 Å². The maximum absolute atomic E-state index is 12.5. The number of halogens is 1. The second-order valence-corrected chi connectivity index (χ2v) is 6.95. The second-order valence-electron chi connectivity index (χ2n) is 6.95. The molecule has 0 unspecified atom stereocenters. The molecule has 1 amide bonds. The molecule has 2 aromatic rings. The molecular formula is C22H29IN4O3. The number of nitrogens with two attached hydrogens (primary N) is 1. The van der Waals surface area contributed by atoms with Gasteiger partial charge in [0.15, 0.2) is 17.5 Å². The van der Waals surface area contributed by atoms with Gasteiger partial charge in [-0.15, -0.1) is 24.0 Å². The zero-order valence-electron chi connectivity index (χ0n) is 17.4. The Bertz CT molecular complexity index is 865. The second kappa shape index (κ2) is 11.6. The standard InChI is InChI=1S/C22H28N4O3.HI/c1-28-19-11-10-18(14-20(19)29-2)25-22(23)24-15-16-6-8-17(9-7-16)21(27)26-12-4-3-5-13-26;/h6-11,14H,3-5,12-13,15H2,1-2H3,(H3,23,24,25);1H. The van der Waals surface area contributed by atoms with Crippen LogP contribution < -0.4 is 20.5 Å². The predicted octanol–water partition coefficient (Wildman–Crippen LogP) is 3.87. The first-order valence-corrected chi connectivity index (χ1v) is 9.78. The molecule has 1 saturated heterocycles. The fourth-order valence-corrected chi connectivity index (χ4v) is 3.31. The van der Waals surface area contributed by atoms with Crippen LogP contribution in [0, 0.1) is 0 Å². The number of aliphatic imine (C=N–C) groups is 1. The van der Waals surface area contributed by atoms with E-state index in [-0.39, 0.29) is 29.9 Å². The lowest BCUT2D eigenvalue weighted by atomic mass is 10.1. The van der Waals surface area contributed by atoms with Crippen LogP contribution in [0.4, 0.5) is 5.69 Å². The van der Waals surface area contributed by atoms with Gasteiger partial charge in [0.05, 0.1) is 20.8 Å². The van der Waals surface area contributed by atoms with Crippen LogP contribution in [0.15, 0.2) is 47.5 Å². The molecule has 0 radical (unpaired) electrons. The van der Waals surface area contributed by atoms with Gasteiger partial charge in [0.2, 0.25) is 0 Å². The van der Waals surface area contributed by atoms with E-state index >= 15 is 0 Å². The zero-order chi connectivity index (χ0) is 20.6. The maximum Gasteiger partial charge on any atom is 0.253 e. The Hall–Kier alpha value is -2.49. The van der Waals surface area contributed by atoms with Crippen LogP contribution in [0.5, 0.6) is 11.5 Å². The van der Waals surface area contributed by atoms with Crippen molar-refractivity contribution in [1.82, 2.24) is 4.90 Å². The molecule has 0 bridgehead atoms. The lowest BCUT2D eigenvalue weighted by molar-refractivity contribution is 0.0724. The van der Waals surface area contributed by atoms with Gasteiger partial charge in [0, 0.05) is 30.4 Å². The van der Waals surface area contributed by atoms with Gasteiger partial charge in [-0.2, -0.15) is 0 Å². The van der Waals surface area contributed by atoms with E-state index in [9.17, 15) is 4.79 Å². The zero-order valence-corrected chi connectivity index (χ0v) is 19.7. The molecule has 3 N–H and O–H groups in total. The van der Waals surface area contributed by atoms with Crippen LogP contribution >= 0.6 is 24.0 Å². The number of benzene rings is 2. The van der Waals surface area contributed by atoms with Crippen molar-refractivity contribution in [2.24, 2.45) is 10.7 Å². The van der Waals surface area contributed by atoms with Crippen molar-refractivity contribution < 1.29 is 14.3 Å². The molecular weight excluding hydrogens is 495 g/mol. The van der Waals surface area contributed by atoms with E-state index in [1.807, 2.05) is 35.2 Å². The molecule has 0 spiro atoms. The first-order valence-electron chi connectivity index (χ1n) is 9.78. The average Bonchev–Trinajstić information content (AvgIpc) is 2.78. The first-order chi connectivity index (χ1) is 14.1. The summed E-state index contributed by atoms with van der Waals surface area (Å²) in [6.45, 7) is 2.12. The van der Waals surface area contributed by atoms with E-state index in [1.165, 1.54) is 6.42 Å². The molecule has 162 valence electrons. The van der Waals surface area contributed by atoms with E-state index < -0.39 is 0 Å². The summed E-state index contributed by atoms with van der Waals surface area (Å²) in [6.07, 6.45) is 3.38. The number of piperidine rings is 1. The minimum atomic E-state index is 0. The highest BCUT2D eigenvalue weighted by atomic mass is 127. The molecule has 1 aliphatic heterocycles. The number of carbonyl (C=O) groups excluding carboxylic acids is 1. The third kappa shape index (κ3) is 6.25. The number of ether oxygens (including phenoxy) is 2. The third-order valence-electron chi connectivity index (χ3n) is 4.93. The van der Waals surface area contributed by atoms with Crippen LogP contribution in [-0.2, 0) is 6.54 Å². The summed E-state index contributed by atoms with van der Waals surface area (Å²) in [4.78, 5) is 18.8. The smallest absolute Gasteiger partial charge is 0.253 e. The number of nitrogens with one attached hydrogen (secondary N) is 1. The minimum absolute atomic E-state index is 0. The normalized spacial score (nSPS) is 13.9. The molecule has 1 heterocycles. The van der Waals surface area contributed by atoms with Gasteiger partial charge in [-0.05, 0) is 49.1 Å². The van der Waals surface area contributed by atoms with E-state index in [4.69, 9.17) is 15.2 Å². The Balaban J connectivity index is 0.00000320. The molecule has 8 heteroatoms. The van der Waals surface area contributed by atoms with Crippen LogP contribution in [-0.4, -0.2) is 44.1 Å². The summed E-state index contributed by atoms with van der Waals surface area (Å²) >= 11 is 0. The number of amides is 1. The molecule has 3 rings (SSSR count). The van der Waals surface area contributed by atoms with Gasteiger partial charge >= 0.3 is 0 Å². The van der Waals surface area contributed by atoms with Crippen LogP contribution in [0.3, 0.4) is 0 Å². The fraction of sp³-hybridized carbons (Fsp3) is 0.364. The van der Waals surface area contributed by atoms with E-state index in [0.29, 0.717) is 24.0 Å². The highest BCUT2D eigenvalue weighted by Crippen LogP contribution is 2.29. The van der Waals surface area contributed by atoms with Crippen molar-refractivity contribution in [3.63, 3.8) is 0 Å². The number of methoxy groups -OCH3 is 2. The van der Waals surface area contributed by atoms with Gasteiger partial charge < -0.3 is 25.4 Å². The third-order valence-corrected chi connectivity index (χ3v) is 4.93. The Labute approximate surface area is 194 Å². The topological polar surface area (TPSA) is 89.2 Å². The molecule has 1 aliphatic rings. The number of nitrogens with zero attached hydrogens (tertiary/aromatic N) is 2. The van der Waals surface area contributed by atoms with Gasteiger partial charge in [-0.25, -0.2) is 4.99 Å². The van der Waals surface area contributed by atoms with Crippen molar-refractivity contribution in [3.8, 4) is 11.5 Å². The molecule has 0 saturated carbocycles. The number of hydrogen-bond donors (Lipinski definition) is 2. The monoisotopic (exact) mass is 524 g/mol. The maximum atomic E-state index is 12.5. The number of carbonyl (C=O) groups is 1. The van der Waals surface area contributed by atoms with E-state index in [2.05, 4.69) is 10.3 Å². The van der Waals surface area contributed by atoms with Crippen molar-refractivity contribution in [1.29, 1.82) is 0 Å². The number of hydrogen-bond acceptors (Lipinski definition) is 4. The van der Waals surface area contributed by atoms with Crippen molar-refractivity contribution in [2.75, 3.05) is 32.6 Å². The van der Waals surface area contributed by atoms with Crippen molar-refractivity contribution >= 4 is 41.5 Å². The largest absolute Gasteiger partial charge is 0.493 e. The number of guanidine groups is 1. The summed E-state index contributed by atoms with van der Waals surface area (Å²) in [6, 6.07) is 13.0. The summed E-state index contributed by atoms with van der Waals surface area (Å²) in [7, 11) is 3.17. The van der Waals surface area contributed by atoms with Crippen LogP contribution in [0.1, 0.15) is 35.2 Å². The summed E-state index contributed by atoms with van der Waals surface area (Å²) < 4.78 is 10.5. The highest BCUT2D eigenvalue weighted by molar-refractivity contribution is 14.0. The Morgan fingerprint density at radius 2 is 1.70 bits per heavy atom. The van der Waals surface area contributed by atoms with Crippen molar-refractivity contribution in [2.45, 2.75) is 25.8 Å². The summed E-state index contributed by atoms with van der Waals surface area (Å²) in [5, 5.41) is 3.04. The van der Waals surface area contributed by atoms with Crippen LogP contribution in [0.2, 0.25) is 0 Å². The number of anilines is 1. The molecule has 30 heavy (non-hydrogen) atoms. The molecule has 1 fully saturated rings. The minimum Gasteiger partial charge on any atom is -0.493 e. The first kappa shape index (κ1) is 23.8. The molecule has 2 aromatic carbocycles.